The summed E-state index contributed by atoms with van der Waals surface area (Å²) < 4.78 is 18.2. The molecule has 1 aliphatic heterocycles. The molecule has 0 spiro atoms. The lowest BCUT2D eigenvalue weighted by Crippen LogP contribution is -2.36. The number of anilines is 2. The molecule has 166 valence electrons. The van der Waals surface area contributed by atoms with Crippen LogP contribution in [0.3, 0.4) is 0 Å². The lowest BCUT2D eigenvalue weighted by Gasteiger charge is -2.32. The van der Waals surface area contributed by atoms with Gasteiger partial charge >= 0.3 is 0 Å². The van der Waals surface area contributed by atoms with Crippen molar-refractivity contribution in [1.82, 2.24) is 19.5 Å². The van der Waals surface area contributed by atoms with E-state index in [0.29, 0.717) is 46.0 Å². The Morgan fingerprint density at radius 3 is 2.52 bits per heavy atom. The molecule has 0 amide bonds. The Labute approximate surface area is 179 Å². The van der Waals surface area contributed by atoms with Crippen LogP contribution in [-0.2, 0) is 6.54 Å². The molecule has 0 unspecified atom stereocenters. The molecule has 3 aromatic rings. The highest BCUT2D eigenvalue weighted by molar-refractivity contribution is 5.90. The van der Waals surface area contributed by atoms with Crippen LogP contribution in [0.2, 0.25) is 0 Å². The van der Waals surface area contributed by atoms with Gasteiger partial charge in [-0.2, -0.15) is 0 Å². The minimum atomic E-state index is -0.268. The van der Waals surface area contributed by atoms with Crippen molar-refractivity contribution in [3.05, 3.63) is 28.8 Å². The molecule has 0 atom stereocenters. The Morgan fingerprint density at radius 2 is 1.90 bits per heavy atom. The van der Waals surface area contributed by atoms with Crippen LogP contribution in [-0.4, -0.2) is 53.9 Å². The summed E-state index contributed by atoms with van der Waals surface area (Å²) in [6, 6.07) is 1.71. The van der Waals surface area contributed by atoms with Crippen LogP contribution in [0.15, 0.2) is 23.3 Å². The zero-order chi connectivity index (χ0) is 22.0. The van der Waals surface area contributed by atoms with Crippen LogP contribution >= 0.6 is 0 Å². The number of nitrogens with one attached hydrogen (secondary N) is 1. The number of benzene rings is 1. The second-order valence-electron chi connectivity index (χ2n) is 7.63. The summed E-state index contributed by atoms with van der Waals surface area (Å²) in [6.07, 6.45) is 6.71. The zero-order valence-electron chi connectivity index (χ0n) is 18.1. The van der Waals surface area contributed by atoms with Gasteiger partial charge in [0.2, 0.25) is 11.7 Å². The predicted octanol–water partition coefficient (Wildman–Crippen LogP) is 2.03. The number of hydrogen-bond acceptors (Lipinski definition) is 8. The summed E-state index contributed by atoms with van der Waals surface area (Å²) in [5, 5.41) is 0.344. The molecule has 10 heteroatoms. The summed E-state index contributed by atoms with van der Waals surface area (Å²) in [5.74, 6) is 2.86. The van der Waals surface area contributed by atoms with Gasteiger partial charge in [0, 0.05) is 38.1 Å². The molecule has 1 fully saturated rings. The van der Waals surface area contributed by atoms with Crippen LogP contribution in [0, 0.1) is 5.92 Å². The number of imidazole rings is 1. The van der Waals surface area contributed by atoms with Gasteiger partial charge in [-0.1, -0.05) is 0 Å². The number of rotatable bonds is 7. The van der Waals surface area contributed by atoms with Crippen LogP contribution in [0.25, 0.3) is 10.9 Å². The number of H-pyrrole nitrogens is 1. The van der Waals surface area contributed by atoms with E-state index >= 15 is 0 Å². The lowest BCUT2D eigenvalue weighted by atomic mass is 9.93. The van der Waals surface area contributed by atoms with Gasteiger partial charge in [0.25, 0.3) is 5.56 Å². The number of nitrogens with two attached hydrogens (primary N) is 1. The predicted molar refractivity (Wildman–Crippen MR) is 118 cm³/mol. The Morgan fingerprint density at radius 1 is 1.16 bits per heavy atom. The molecular weight excluding hydrogens is 400 g/mol. The highest BCUT2D eigenvalue weighted by atomic mass is 16.5. The molecule has 4 rings (SSSR count). The fourth-order valence-electron chi connectivity index (χ4n) is 4.19. The Bertz CT molecular complexity index is 1120. The van der Waals surface area contributed by atoms with Crippen LogP contribution in [0.4, 0.5) is 11.9 Å². The first-order valence-electron chi connectivity index (χ1n) is 10.3. The van der Waals surface area contributed by atoms with Crippen LogP contribution in [0.1, 0.15) is 19.3 Å². The lowest BCUT2D eigenvalue weighted by molar-refractivity contribution is 0.327. The van der Waals surface area contributed by atoms with Crippen molar-refractivity contribution in [2.24, 2.45) is 5.92 Å². The number of ether oxygens (including phenoxy) is 3. The molecule has 2 aromatic heterocycles. The average Bonchev–Trinajstić information content (AvgIpc) is 3.21. The van der Waals surface area contributed by atoms with E-state index in [9.17, 15) is 4.79 Å². The van der Waals surface area contributed by atoms with E-state index in [-0.39, 0.29) is 5.56 Å². The number of fused-ring (bicyclic) bond motifs is 1. The summed E-state index contributed by atoms with van der Waals surface area (Å²) in [6.45, 7) is 2.51. The normalized spacial score (nSPS) is 14.7. The summed E-state index contributed by atoms with van der Waals surface area (Å²) in [5.41, 5.74) is 6.09. The van der Waals surface area contributed by atoms with E-state index in [0.717, 1.165) is 38.9 Å². The first kappa shape index (κ1) is 20.8. The van der Waals surface area contributed by atoms with Gasteiger partial charge in [-0.05, 0) is 25.2 Å². The number of nitrogen functional groups attached to an aromatic ring is 1. The molecule has 0 saturated carbocycles. The van der Waals surface area contributed by atoms with Gasteiger partial charge in [0.15, 0.2) is 17.4 Å². The number of aryl methyl sites for hydroxylation is 1. The fourth-order valence-corrected chi connectivity index (χ4v) is 4.19. The van der Waals surface area contributed by atoms with Gasteiger partial charge < -0.3 is 29.4 Å². The number of methoxy groups -OCH3 is 3. The van der Waals surface area contributed by atoms with Gasteiger partial charge in [0.05, 0.1) is 26.8 Å². The molecule has 1 aliphatic rings. The van der Waals surface area contributed by atoms with Crippen molar-refractivity contribution in [3.8, 4) is 17.2 Å². The van der Waals surface area contributed by atoms with Gasteiger partial charge in [-0.3, -0.25) is 9.78 Å². The maximum Gasteiger partial charge on any atom is 0.264 e. The van der Waals surface area contributed by atoms with Crippen LogP contribution in [0.5, 0.6) is 17.2 Å². The maximum atomic E-state index is 12.9. The number of aromatic amines is 1. The van der Waals surface area contributed by atoms with Gasteiger partial charge in [-0.25, -0.2) is 9.97 Å². The summed E-state index contributed by atoms with van der Waals surface area (Å²) in [4.78, 5) is 26.7. The smallest absolute Gasteiger partial charge is 0.264 e. The quantitative estimate of drug-likeness (QED) is 0.586. The monoisotopic (exact) mass is 428 g/mol. The molecule has 10 nitrogen and oxygen atoms in total. The number of aromatic nitrogens is 4. The largest absolute Gasteiger partial charge is 0.493 e. The number of hydrogen-bond donors (Lipinski definition) is 2. The molecule has 31 heavy (non-hydrogen) atoms. The SMILES string of the molecule is COc1cc2nc(N3CCC(CCn4ccnc4N)CC3)[nH]c(=O)c2c(OC)c1OC. The van der Waals surface area contributed by atoms with E-state index < -0.39 is 0 Å². The molecule has 0 radical (unpaired) electrons. The third-order valence-corrected chi connectivity index (χ3v) is 5.93. The standard InChI is InChI=1S/C21H28N6O4/c1-29-15-12-14-16(18(31-3)17(15)30-2)19(28)25-21(24-14)27-9-5-13(6-10-27)4-8-26-11-7-23-20(26)22/h7,11-13H,4-6,8-10H2,1-3H3,(H2,22,23)(H,24,25,28). The minimum Gasteiger partial charge on any atom is -0.493 e. The Kier molecular flexibility index (Phi) is 5.88. The van der Waals surface area contributed by atoms with Crippen molar-refractivity contribution in [2.75, 3.05) is 45.1 Å². The Hall–Kier alpha value is -3.43. The third-order valence-electron chi connectivity index (χ3n) is 5.93. The van der Waals surface area contributed by atoms with Crippen molar-refractivity contribution in [3.63, 3.8) is 0 Å². The topological polar surface area (TPSA) is 121 Å². The molecule has 3 heterocycles. The molecule has 0 aliphatic carbocycles. The highest BCUT2D eigenvalue weighted by Crippen LogP contribution is 2.41. The summed E-state index contributed by atoms with van der Waals surface area (Å²) in [7, 11) is 4.54. The highest BCUT2D eigenvalue weighted by Gasteiger charge is 2.24. The van der Waals surface area contributed by atoms with Gasteiger partial charge in [0.1, 0.15) is 5.39 Å². The van der Waals surface area contributed by atoms with Crippen molar-refractivity contribution < 1.29 is 14.2 Å². The van der Waals surface area contributed by atoms with E-state index in [4.69, 9.17) is 24.9 Å². The molecular formula is C21H28N6O4. The molecule has 1 aromatic carbocycles. The molecule has 0 bridgehead atoms. The van der Waals surface area contributed by atoms with Crippen molar-refractivity contribution >= 4 is 22.8 Å². The van der Waals surface area contributed by atoms with E-state index in [1.165, 1.54) is 14.2 Å². The molecule has 1 saturated heterocycles. The second kappa shape index (κ2) is 8.75. The van der Waals surface area contributed by atoms with Crippen molar-refractivity contribution in [1.29, 1.82) is 0 Å². The fraction of sp³-hybridized carbons (Fsp3) is 0.476. The first-order valence-corrected chi connectivity index (χ1v) is 10.3. The third kappa shape index (κ3) is 3.97. The second-order valence-corrected chi connectivity index (χ2v) is 7.63. The van der Waals surface area contributed by atoms with Crippen molar-refractivity contribution in [2.45, 2.75) is 25.8 Å². The van der Waals surface area contributed by atoms with Crippen LogP contribution < -0.4 is 30.4 Å². The van der Waals surface area contributed by atoms with Gasteiger partial charge in [-0.15, -0.1) is 0 Å². The zero-order valence-corrected chi connectivity index (χ0v) is 18.1. The molecule has 3 N–H and O–H groups in total. The average molecular weight is 428 g/mol. The maximum absolute atomic E-state index is 12.9. The number of nitrogens with zero attached hydrogens (tertiary/aromatic N) is 4. The summed E-state index contributed by atoms with van der Waals surface area (Å²) >= 11 is 0. The van der Waals surface area contributed by atoms with E-state index in [1.807, 2.05) is 10.8 Å². The Balaban J connectivity index is 1.52. The first-order chi connectivity index (χ1) is 15.0. The minimum absolute atomic E-state index is 0.268. The van der Waals surface area contributed by atoms with E-state index in [1.54, 1.807) is 19.4 Å². The van der Waals surface area contributed by atoms with E-state index in [2.05, 4.69) is 14.9 Å². The number of piperidine rings is 1.